The van der Waals surface area contributed by atoms with E-state index in [0.717, 1.165) is 18.9 Å². The third kappa shape index (κ3) is 4.51. The number of nitrogens with two attached hydrogens (primary N) is 1. The lowest BCUT2D eigenvalue weighted by Crippen LogP contribution is -2.38. The number of rotatable bonds is 6. The molecule has 1 saturated heterocycles. The molecule has 0 atom stereocenters. The number of halogens is 1. The topological polar surface area (TPSA) is 142 Å². The first-order chi connectivity index (χ1) is 17.1. The van der Waals surface area contributed by atoms with Gasteiger partial charge in [-0.3, -0.25) is 0 Å². The Morgan fingerprint density at radius 3 is 2.61 bits per heavy atom. The van der Waals surface area contributed by atoms with Gasteiger partial charge in [-0.05, 0) is 25.1 Å². The second kappa shape index (κ2) is 9.13. The van der Waals surface area contributed by atoms with E-state index in [9.17, 15) is 12.8 Å². The number of aromatic nitrogens is 5. The zero-order valence-electron chi connectivity index (χ0n) is 20.0. The average molecular weight is 516 g/mol. The molecule has 0 saturated carbocycles. The van der Waals surface area contributed by atoms with Crippen molar-refractivity contribution in [2.45, 2.75) is 50.5 Å². The number of ether oxygens (including phenoxy) is 1. The third-order valence-corrected chi connectivity index (χ3v) is 7.06. The van der Waals surface area contributed by atoms with Crippen LogP contribution < -0.4 is 14.8 Å². The van der Waals surface area contributed by atoms with Crippen molar-refractivity contribution in [3.8, 4) is 17.0 Å². The van der Waals surface area contributed by atoms with Gasteiger partial charge in [0.25, 0.3) is 0 Å². The van der Waals surface area contributed by atoms with Gasteiger partial charge in [0.2, 0.25) is 15.9 Å². The zero-order chi connectivity index (χ0) is 25.6. The van der Waals surface area contributed by atoms with Crippen molar-refractivity contribution >= 4 is 21.7 Å². The summed E-state index contributed by atoms with van der Waals surface area (Å²) in [6, 6.07) is 5.76. The summed E-state index contributed by atoms with van der Waals surface area (Å²) < 4.78 is 51.3. The van der Waals surface area contributed by atoms with E-state index in [1.807, 2.05) is 18.7 Å². The van der Waals surface area contributed by atoms with Crippen molar-refractivity contribution in [1.29, 1.82) is 0 Å². The molecule has 1 fully saturated rings. The van der Waals surface area contributed by atoms with Gasteiger partial charge in [0, 0.05) is 49.7 Å². The fourth-order valence-corrected chi connectivity index (χ4v) is 4.76. The van der Waals surface area contributed by atoms with Gasteiger partial charge in [-0.2, -0.15) is 14.6 Å². The van der Waals surface area contributed by atoms with Gasteiger partial charge < -0.3 is 14.2 Å². The summed E-state index contributed by atoms with van der Waals surface area (Å²) in [6.07, 6.45) is 2.98. The quantitative estimate of drug-likeness (QED) is 0.410. The molecule has 0 spiro atoms. The Balaban J connectivity index is 1.37. The van der Waals surface area contributed by atoms with Crippen molar-refractivity contribution in [3.63, 3.8) is 0 Å². The smallest absolute Gasteiger partial charge is 0.324 e. The number of hydrogen-bond acceptors (Lipinski definition) is 9. The van der Waals surface area contributed by atoms with Crippen LogP contribution in [0.1, 0.15) is 44.1 Å². The Morgan fingerprint density at radius 1 is 1.22 bits per heavy atom. The number of anilines is 1. The van der Waals surface area contributed by atoms with Crippen LogP contribution in [0.5, 0.6) is 5.88 Å². The van der Waals surface area contributed by atoms with E-state index >= 15 is 0 Å². The standard InChI is InChI=1S/C23H26FN7O4S/c1-13(2)21-27-23(35-29-21)30-10-7-15(8-11-30)34-19-6-9-26-22-20(14(3)28-31(19)22)17-5-4-16(12-18(17)24)36(25,32)33/h4-6,9,12-13,15H,7-8,10-11H2,1-3H3,(H2,25,32,33). The predicted octanol–water partition coefficient (Wildman–Crippen LogP) is 3.05. The number of fused-ring (bicyclic) bond motifs is 1. The van der Waals surface area contributed by atoms with Crippen LogP contribution in [-0.2, 0) is 10.0 Å². The number of sulfonamides is 1. The summed E-state index contributed by atoms with van der Waals surface area (Å²) in [4.78, 5) is 10.6. The summed E-state index contributed by atoms with van der Waals surface area (Å²) >= 11 is 0. The first-order valence-electron chi connectivity index (χ1n) is 11.5. The van der Waals surface area contributed by atoms with Crippen LogP contribution in [0.3, 0.4) is 0 Å². The lowest BCUT2D eigenvalue weighted by atomic mass is 10.1. The van der Waals surface area contributed by atoms with Crippen LogP contribution in [0.25, 0.3) is 16.8 Å². The van der Waals surface area contributed by atoms with Crippen LogP contribution in [0, 0.1) is 12.7 Å². The summed E-state index contributed by atoms with van der Waals surface area (Å²) in [6.45, 7) is 7.16. The number of aryl methyl sites for hydroxylation is 1. The highest BCUT2D eigenvalue weighted by molar-refractivity contribution is 7.89. The predicted molar refractivity (Wildman–Crippen MR) is 129 cm³/mol. The van der Waals surface area contributed by atoms with E-state index < -0.39 is 15.8 Å². The molecule has 1 aromatic carbocycles. The molecule has 0 radical (unpaired) electrons. The van der Waals surface area contributed by atoms with Crippen molar-refractivity contribution in [2.75, 3.05) is 18.0 Å². The Morgan fingerprint density at radius 2 is 1.97 bits per heavy atom. The van der Waals surface area contributed by atoms with E-state index in [2.05, 4.69) is 20.2 Å². The maximum Gasteiger partial charge on any atom is 0.324 e. The molecule has 4 heterocycles. The monoisotopic (exact) mass is 515 g/mol. The van der Waals surface area contributed by atoms with Crippen LogP contribution in [0.2, 0.25) is 0 Å². The molecule has 0 amide bonds. The molecule has 2 N–H and O–H groups in total. The minimum absolute atomic E-state index is 0.0712. The molecular formula is C23H26FN7O4S. The van der Waals surface area contributed by atoms with Gasteiger partial charge in [0.15, 0.2) is 11.5 Å². The molecule has 1 aliphatic rings. The summed E-state index contributed by atoms with van der Waals surface area (Å²) in [5.41, 5.74) is 1.55. The first kappa shape index (κ1) is 24.1. The average Bonchev–Trinajstić information content (AvgIpc) is 3.45. The second-order valence-electron chi connectivity index (χ2n) is 9.06. The fourth-order valence-electron chi connectivity index (χ4n) is 4.24. The maximum absolute atomic E-state index is 14.9. The van der Waals surface area contributed by atoms with Crippen LogP contribution in [-0.4, -0.2) is 52.3 Å². The van der Waals surface area contributed by atoms with Gasteiger partial charge in [0.05, 0.1) is 16.2 Å². The minimum atomic E-state index is -4.02. The van der Waals surface area contributed by atoms with Crippen LogP contribution in [0.15, 0.2) is 39.9 Å². The molecule has 0 unspecified atom stereocenters. The van der Waals surface area contributed by atoms with Crippen molar-refractivity contribution in [3.05, 3.63) is 47.8 Å². The van der Waals surface area contributed by atoms with Gasteiger partial charge in [0.1, 0.15) is 11.9 Å². The molecule has 13 heteroatoms. The summed E-state index contributed by atoms with van der Waals surface area (Å²) in [5, 5.41) is 13.7. The summed E-state index contributed by atoms with van der Waals surface area (Å²) in [7, 11) is -4.02. The van der Waals surface area contributed by atoms with Crippen LogP contribution >= 0.6 is 0 Å². The van der Waals surface area contributed by atoms with Gasteiger partial charge in [-0.15, -0.1) is 0 Å². The lowest BCUT2D eigenvalue weighted by molar-refractivity contribution is 0.157. The fraction of sp³-hybridized carbons (Fsp3) is 0.391. The number of nitrogens with zero attached hydrogens (tertiary/aromatic N) is 6. The van der Waals surface area contributed by atoms with Crippen molar-refractivity contribution in [1.82, 2.24) is 24.7 Å². The highest BCUT2D eigenvalue weighted by Crippen LogP contribution is 2.32. The Kier molecular flexibility index (Phi) is 6.12. The van der Waals surface area contributed by atoms with E-state index in [1.165, 1.54) is 16.6 Å². The van der Waals surface area contributed by atoms with Crippen molar-refractivity contribution in [2.24, 2.45) is 5.14 Å². The highest BCUT2D eigenvalue weighted by atomic mass is 32.2. The van der Waals surface area contributed by atoms with Crippen LogP contribution in [0.4, 0.5) is 10.4 Å². The second-order valence-corrected chi connectivity index (χ2v) is 10.6. The molecule has 190 valence electrons. The molecule has 11 nitrogen and oxygen atoms in total. The van der Waals surface area contributed by atoms with Gasteiger partial charge in [-0.1, -0.05) is 19.0 Å². The number of primary sulfonamides is 1. The first-order valence-corrected chi connectivity index (χ1v) is 13.1. The molecule has 0 aliphatic carbocycles. The largest absolute Gasteiger partial charge is 0.474 e. The molecule has 4 aromatic rings. The third-order valence-electron chi connectivity index (χ3n) is 6.14. The maximum atomic E-state index is 14.9. The van der Waals surface area contributed by atoms with E-state index in [0.29, 0.717) is 47.7 Å². The van der Waals surface area contributed by atoms with Gasteiger partial charge in [-0.25, -0.2) is 22.9 Å². The van der Waals surface area contributed by atoms with Gasteiger partial charge >= 0.3 is 6.01 Å². The van der Waals surface area contributed by atoms with E-state index in [1.54, 1.807) is 19.2 Å². The molecule has 0 bridgehead atoms. The summed E-state index contributed by atoms with van der Waals surface area (Å²) in [5.74, 6) is 0.624. The Labute approximate surface area is 207 Å². The highest BCUT2D eigenvalue weighted by Gasteiger charge is 2.26. The minimum Gasteiger partial charge on any atom is -0.474 e. The molecule has 1 aliphatic heterocycles. The Bertz CT molecular complexity index is 1520. The Hall–Kier alpha value is -3.58. The van der Waals surface area contributed by atoms with E-state index in [4.69, 9.17) is 14.4 Å². The number of benzene rings is 1. The van der Waals surface area contributed by atoms with E-state index in [-0.39, 0.29) is 22.5 Å². The normalized spacial score (nSPS) is 15.2. The molecular weight excluding hydrogens is 489 g/mol. The lowest BCUT2D eigenvalue weighted by Gasteiger charge is -2.30. The van der Waals surface area contributed by atoms with Crippen molar-refractivity contribution < 1.29 is 22.1 Å². The number of piperidine rings is 1. The molecule has 5 rings (SSSR count). The zero-order valence-corrected chi connectivity index (χ0v) is 20.9. The SMILES string of the molecule is Cc1nn2c(OC3CCN(c4nc(C(C)C)no4)CC3)ccnc2c1-c1ccc(S(N)(=O)=O)cc1F. The number of hydrogen-bond donors (Lipinski definition) is 1. The molecule has 3 aromatic heterocycles. The molecule has 36 heavy (non-hydrogen) atoms.